The first-order valence-electron chi connectivity index (χ1n) is 5.91. The van der Waals surface area contributed by atoms with Gasteiger partial charge in [0, 0.05) is 11.4 Å². The molecule has 0 aliphatic rings. The van der Waals surface area contributed by atoms with Crippen LogP contribution >= 0.6 is 15.9 Å². The van der Waals surface area contributed by atoms with E-state index in [-0.39, 0.29) is 5.56 Å². The molecule has 0 bridgehead atoms. The van der Waals surface area contributed by atoms with E-state index in [2.05, 4.69) is 20.7 Å². The van der Waals surface area contributed by atoms with Crippen molar-refractivity contribution in [1.29, 1.82) is 0 Å². The number of alkyl halides is 4. The third-order valence-electron chi connectivity index (χ3n) is 2.67. The zero-order valence-electron chi connectivity index (χ0n) is 10.8. The number of halogens is 4. The van der Waals surface area contributed by atoms with Crippen molar-refractivity contribution in [2.45, 2.75) is 19.0 Å². The molecule has 0 saturated carbocycles. The fraction of sp³-hybridized carbons (Fsp3) is 0.357. The molecule has 0 aromatic heterocycles. The van der Waals surface area contributed by atoms with Gasteiger partial charge in [-0.2, -0.15) is 13.2 Å². The Balaban J connectivity index is 3.25. The molecular formula is C14H14BrF3O2. The number of carbonyl (C=O) groups excluding carboxylic acids is 1. The maximum absolute atomic E-state index is 13.0. The third-order valence-corrected chi connectivity index (χ3v) is 3.23. The van der Waals surface area contributed by atoms with Crippen molar-refractivity contribution in [2.24, 2.45) is 0 Å². The Morgan fingerprint density at radius 3 is 2.65 bits per heavy atom. The highest BCUT2D eigenvalue weighted by molar-refractivity contribution is 9.09. The lowest BCUT2D eigenvalue weighted by atomic mass is 9.97. The highest BCUT2D eigenvalue weighted by Crippen LogP contribution is 2.34. The Labute approximate surface area is 123 Å². The zero-order valence-corrected chi connectivity index (χ0v) is 12.4. The van der Waals surface area contributed by atoms with E-state index in [0.717, 1.165) is 18.2 Å². The van der Waals surface area contributed by atoms with Gasteiger partial charge in [0.1, 0.15) is 0 Å². The van der Waals surface area contributed by atoms with Gasteiger partial charge in [-0.05, 0) is 36.1 Å². The number of benzene rings is 1. The van der Waals surface area contributed by atoms with Crippen LogP contribution in [0.1, 0.15) is 23.1 Å². The fourth-order valence-electron chi connectivity index (χ4n) is 1.75. The van der Waals surface area contributed by atoms with E-state index in [0.29, 0.717) is 23.7 Å². The highest BCUT2D eigenvalue weighted by Gasteiger charge is 2.33. The van der Waals surface area contributed by atoms with Gasteiger partial charge in [0.05, 0.1) is 12.7 Å². The predicted octanol–water partition coefficient (Wildman–Crippen LogP) is 4.22. The largest absolute Gasteiger partial charge is 0.466 e. The second kappa shape index (κ2) is 7.47. The molecule has 0 N–H and O–H groups in total. The van der Waals surface area contributed by atoms with E-state index < -0.39 is 17.7 Å². The topological polar surface area (TPSA) is 26.3 Å². The summed E-state index contributed by atoms with van der Waals surface area (Å²) < 4.78 is 43.4. The van der Waals surface area contributed by atoms with Crippen LogP contribution in [-0.4, -0.2) is 18.4 Å². The van der Waals surface area contributed by atoms with Gasteiger partial charge in [-0.1, -0.05) is 28.1 Å². The summed E-state index contributed by atoms with van der Waals surface area (Å²) in [6, 6.07) is 4.02. The molecule has 1 aromatic rings. The maximum Gasteiger partial charge on any atom is 0.416 e. The van der Waals surface area contributed by atoms with E-state index in [1.807, 2.05) is 0 Å². The summed E-state index contributed by atoms with van der Waals surface area (Å²) in [6.45, 7) is 0. The summed E-state index contributed by atoms with van der Waals surface area (Å²) in [6.07, 6.45) is -1.09. The van der Waals surface area contributed by atoms with Crippen LogP contribution in [0.5, 0.6) is 0 Å². The fourth-order valence-corrected chi connectivity index (χ4v) is 2.03. The van der Waals surface area contributed by atoms with Crippen LogP contribution in [0.15, 0.2) is 24.3 Å². The first-order valence-corrected chi connectivity index (χ1v) is 7.03. The number of aryl methyl sites for hydroxylation is 1. The Kier molecular flexibility index (Phi) is 6.26. The molecule has 6 heteroatoms. The number of hydrogen-bond acceptors (Lipinski definition) is 2. The van der Waals surface area contributed by atoms with E-state index in [4.69, 9.17) is 0 Å². The van der Waals surface area contributed by atoms with Crippen LogP contribution in [0, 0.1) is 0 Å². The normalized spacial score (nSPS) is 11.8. The Morgan fingerprint density at radius 1 is 1.40 bits per heavy atom. The molecule has 20 heavy (non-hydrogen) atoms. The molecule has 0 spiro atoms. The molecule has 0 saturated heterocycles. The van der Waals surface area contributed by atoms with Crippen molar-refractivity contribution in [3.63, 3.8) is 0 Å². The van der Waals surface area contributed by atoms with Gasteiger partial charge in [0.2, 0.25) is 0 Å². The highest BCUT2D eigenvalue weighted by atomic mass is 79.9. The van der Waals surface area contributed by atoms with Crippen LogP contribution in [0.2, 0.25) is 0 Å². The van der Waals surface area contributed by atoms with Gasteiger partial charge < -0.3 is 4.74 Å². The monoisotopic (exact) mass is 350 g/mol. The van der Waals surface area contributed by atoms with Gasteiger partial charge in [-0.15, -0.1) is 0 Å². The lowest BCUT2D eigenvalue weighted by Gasteiger charge is -2.14. The summed E-state index contributed by atoms with van der Waals surface area (Å²) >= 11 is 3.25. The molecule has 0 heterocycles. The molecule has 1 aromatic carbocycles. The zero-order chi connectivity index (χ0) is 15.2. The van der Waals surface area contributed by atoms with Gasteiger partial charge in [0.15, 0.2) is 0 Å². The smallest absolute Gasteiger partial charge is 0.416 e. The lowest BCUT2D eigenvalue weighted by molar-refractivity contribution is -0.138. The summed E-state index contributed by atoms with van der Waals surface area (Å²) in [5.74, 6) is -0.687. The molecule has 1 rings (SSSR count). The average Bonchev–Trinajstić information content (AvgIpc) is 2.41. The van der Waals surface area contributed by atoms with Crippen molar-refractivity contribution in [3.8, 4) is 0 Å². The summed E-state index contributed by atoms with van der Waals surface area (Å²) in [5.41, 5.74) is -0.171. The van der Waals surface area contributed by atoms with Gasteiger partial charge in [-0.3, -0.25) is 0 Å². The molecular weight excluding hydrogens is 337 g/mol. The Morgan fingerprint density at radius 2 is 2.10 bits per heavy atom. The van der Waals surface area contributed by atoms with Crippen molar-refractivity contribution in [3.05, 3.63) is 41.0 Å². The number of carbonyl (C=O) groups is 1. The number of methoxy groups -OCH3 is 1. The number of ether oxygens (including phenoxy) is 1. The second-order valence-electron chi connectivity index (χ2n) is 4.03. The van der Waals surface area contributed by atoms with E-state index >= 15 is 0 Å². The molecule has 0 amide bonds. The van der Waals surface area contributed by atoms with Crippen LogP contribution in [0.3, 0.4) is 0 Å². The predicted molar refractivity (Wildman–Crippen MR) is 74.6 cm³/mol. The van der Waals surface area contributed by atoms with Gasteiger partial charge in [0.25, 0.3) is 0 Å². The molecule has 0 aliphatic heterocycles. The number of rotatable bonds is 5. The quantitative estimate of drug-likeness (QED) is 0.451. The van der Waals surface area contributed by atoms with Crippen LogP contribution in [0.4, 0.5) is 13.2 Å². The molecule has 2 nitrogen and oxygen atoms in total. The van der Waals surface area contributed by atoms with Crippen molar-refractivity contribution < 1.29 is 22.7 Å². The standard InChI is InChI=1S/C14H14BrF3O2/c1-20-13(19)8-7-11-10(5-3-9-15)4-2-6-12(11)14(16,17)18/h2,4,6-8H,3,5,9H2,1H3/b8-7+. The molecule has 0 radical (unpaired) electrons. The molecule has 110 valence electrons. The van der Waals surface area contributed by atoms with Crippen LogP contribution in [0.25, 0.3) is 6.08 Å². The van der Waals surface area contributed by atoms with E-state index in [1.54, 1.807) is 6.07 Å². The number of esters is 1. The van der Waals surface area contributed by atoms with Crippen LogP contribution in [-0.2, 0) is 22.1 Å². The molecule has 0 unspecified atom stereocenters. The Bertz CT molecular complexity index is 496. The molecule has 0 aliphatic carbocycles. The van der Waals surface area contributed by atoms with E-state index in [1.165, 1.54) is 13.2 Å². The minimum atomic E-state index is -4.46. The maximum atomic E-state index is 13.0. The van der Waals surface area contributed by atoms with Crippen LogP contribution < -0.4 is 0 Å². The first-order chi connectivity index (χ1) is 9.40. The van der Waals surface area contributed by atoms with Crippen molar-refractivity contribution in [2.75, 3.05) is 12.4 Å². The van der Waals surface area contributed by atoms with Crippen molar-refractivity contribution >= 4 is 28.0 Å². The molecule has 0 atom stereocenters. The molecule has 0 fully saturated rings. The first kappa shape index (κ1) is 16.8. The average molecular weight is 351 g/mol. The SMILES string of the molecule is COC(=O)/C=C/c1c(CCCBr)cccc1C(F)(F)F. The second-order valence-corrected chi connectivity index (χ2v) is 4.82. The number of hydrogen-bond donors (Lipinski definition) is 0. The minimum absolute atomic E-state index is 0.0198. The van der Waals surface area contributed by atoms with Gasteiger partial charge in [-0.25, -0.2) is 4.79 Å². The van der Waals surface area contributed by atoms with Gasteiger partial charge >= 0.3 is 12.1 Å². The Hall–Kier alpha value is -1.30. The third kappa shape index (κ3) is 4.67. The van der Waals surface area contributed by atoms with E-state index in [9.17, 15) is 18.0 Å². The summed E-state index contributed by atoms with van der Waals surface area (Å²) in [5, 5.41) is 0.698. The van der Waals surface area contributed by atoms with Crippen molar-refractivity contribution in [1.82, 2.24) is 0 Å². The minimum Gasteiger partial charge on any atom is -0.466 e. The summed E-state index contributed by atoms with van der Waals surface area (Å²) in [4.78, 5) is 11.1. The summed E-state index contributed by atoms with van der Waals surface area (Å²) in [7, 11) is 1.17. The lowest BCUT2D eigenvalue weighted by Crippen LogP contribution is -2.09.